The van der Waals surface area contributed by atoms with Crippen molar-refractivity contribution >= 4 is 23.6 Å². The second-order valence-corrected chi connectivity index (χ2v) is 6.00. The molecule has 2 rings (SSSR count). The number of rotatable bonds is 6. The van der Waals surface area contributed by atoms with Gasteiger partial charge in [0.2, 0.25) is 5.91 Å². The van der Waals surface area contributed by atoms with Crippen LogP contribution in [0.15, 0.2) is 18.2 Å². The molecule has 1 heterocycles. The Morgan fingerprint density at radius 3 is 2.52 bits per heavy atom. The van der Waals surface area contributed by atoms with E-state index in [0.29, 0.717) is 17.3 Å². The van der Waals surface area contributed by atoms with Crippen LogP contribution in [0.3, 0.4) is 0 Å². The molecule has 1 aromatic rings. The lowest BCUT2D eigenvalue weighted by Crippen LogP contribution is -2.44. The van der Waals surface area contributed by atoms with E-state index in [1.54, 1.807) is 18.2 Å². The lowest BCUT2D eigenvalue weighted by molar-refractivity contribution is -0.150. The number of thioether (sulfide) groups is 1. The van der Waals surface area contributed by atoms with Crippen LogP contribution in [-0.4, -0.2) is 61.6 Å². The Labute approximate surface area is 138 Å². The number of hydrogen-bond acceptors (Lipinski definition) is 6. The van der Waals surface area contributed by atoms with Crippen molar-refractivity contribution in [3.05, 3.63) is 23.8 Å². The number of amides is 1. The summed E-state index contributed by atoms with van der Waals surface area (Å²) in [6.45, 7) is -0.159. The van der Waals surface area contributed by atoms with E-state index >= 15 is 0 Å². The predicted octanol–water partition coefficient (Wildman–Crippen LogP) is 1.38. The number of benzene rings is 1. The van der Waals surface area contributed by atoms with Gasteiger partial charge >= 0.3 is 5.97 Å². The molecule has 1 fully saturated rings. The summed E-state index contributed by atoms with van der Waals surface area (Å²) in [5.74, 6) is 0.0472. The van der Waals surface area contributed by atoms with Crippen LogP contribution in [0.4, 0.5) is 0 Å². The van der Waals surface area contributed by atoms with Crippen LogP contribution in [0.1, 0.15) is 10.9 Å². The van der Waals surface area contributed by atoms with Gasteiger partial charge in [-0.05, 0) is 17.7 Å². The highest BCUT2D eigenvalue weighted by Crippen LogP contribution is 2.43. The van der Waals surface area contributed by atoms with Gasteiger partial charge in [-0.15, -0.1) is 11.8 Å². The number of carbonyl (C=O) groups is 2. The van der Waals surface area contributed by atoms with Crippen LogP contribution in [0.25, 0.3) is 0 Å². The average Bonchev–Trinajstić information content (AvgIpc) is 2.99. The van der Waals surface area contributed by atoms with Crippen molar-refractivity contribution in [3.63, 3.8) is 0 Å². The van der Waals surface area contributed by atoms with Gasteiger partial charge in [0.05, 0.1) is 14.2 Å². The topological polar surface area (TPSA) is 85.3 Å². The quantitative estimate of drug-likeness (QED) is 0.836. The largest absolute Gasteiger partial charge is 0.493 e. The van der Waals surface area contributed by atoms with Gasteiger partial charge in [0.1, 0.15) is 18.0 Å². The molecule has 0 aliphatic carbocycles. The van der Waals surface area contributed by atoms with Gasteiger partial charge < -0.3 is 24.2 Å². The van der Waals surface area contributed by atoms with Crippen molar-refractivity contribution in [2.45, 2.75) is 11.4 Å². The second-order valence-electron chi connectivity index (χ2n) is 4.89. The van der Waals surface area contributed by atoms with Gasteiger partial charge in [-0.25, -0.2) is 4.79 Å². The standard InChI is InChI=1S/C15H19NO6S/c1-20-7-13(17)16-10(15(18)19)8-23-14(16)9-4-5-11(21-2)12(6-9)22-3/h4-6,10,14H,7-8H2,1-3H3,(H,18,19)/t10-,14-/m0/s1. The molecule has 1 saturated heterocycles. The van der Waals surface area contributed by atoms with Gasteiger partial charge in [-0.2, -0.15) is 0 Å². The molecule has 0 saturated carbocycles. The smallest absolute Gasteiger partial charge is 0.327 e. The third-order valence-corrected chi connectivity index (χ3v) is 4.86. The summed E-state index contributed by atoms with van der Waals surface area (Å²) in [6, 6.07) is 4.42. The van der Waals surface area contributed by atoms with E-state index in [9.17, 15) is 14.7 Å². The zero-order valence-corrected chi connectivity index (χ0v) is 14.0. The van der Waals surface area contributed by atoms with E-state index < -0.39 is 17.4 Å². The lowest BCUT2D eigenvalue weighted by Gasteiger charge is -2.27. The number of carboxylic acids is 1. The number of ether oxygens (including phenoxy) is 3. The molecule has 2 atom stereocenters. The fourth-order valence-corrected chi connectivity index (χ4v) is 3.89. The molecule has 1 aromatic carbocycles. The number of aliphatic carboxylic acids is 1. The summed E-state index contributed by atoms with van der Waals surface area (Å²) in [5, 5.41) is 8.95. The molecule has 0 radical (unpaired) electrons. The number of nitrogens with zero attached hydrogens (tertiary/aromatic N) is 1. The Morgan fingerprint density at radius 2 is 1.96 bits per heavy atom. The lowest BCUT2D eigenvalue weighted by atomic mass is 10.1. The SMILES string of the molecule is COCC(=O)N1[C@H](C(=O)O)CS[C@H]1c1ccc(OC)c(OC)c1. The van der Waals surface area contributed by atoms with Crippen LogP contribution in [-0.2, 0) is 14.3 Å². The molecule has 1 aliphatic heterocycles. The van der Waals surface area contributed by atoms with Gasteiger partial charge in [0.25, 0.3) is 0 Å². The molecule has 1 amide bonds. The van der Waals surface area contributed by atoms with Crippen molar-refractivity contribution in [2.24, 2.45) is 0 Å². The molecule has 0 spiro atoms. The fraction of sp³-hybridized carbons (Fsp3) is 0.467. The third-order valence-electron chi connectivity index (χ3n) is 3.53. The second kappa shape index (κ2) is 7.56. The molecule has 0 unspecified atom stereocenters. The first kappa shape index (κ1) is 17.4. The van der Waals surface area contributed by atoms with Gasteiger partial charge in [-0.3, -0.25) is 4.79 Å². The van der Waals surface area contributed by atoms with Crippen LogP contribution in [0.5, 0.6) is 11.5 Å². The highest BCUT2D eigenvalue weighted by molar-refractivity contribution is 7.99. The van der Waals surface area contributed by atoms with Crippen LogP contribution < -0.4 is 9.47 Å². The minimum atomic E-state index is -1.02. The monoisotopic (exact) mass is 341 g/mol. The Hall–Kier alpha value is -1.93. The normalized spacial score (nSPS) is 20.4. The number of carboxylic acid groups (broad SMARTS) is 1. The zero-order valence-electron chi connectivity index (χ0n) is 13.1. The Morgan fingerprint density at radius 1 is 1.26 bits per heavy atom. The first-order valence-electron chi connectivity index (χ1n) is 6.90. The maximum Gasteiger partial charge on any atom is 0.327 e. The third kappa shape index (κ3) is 3.53. The molecule has 8 heteroatoms. The van der Waals surface area contributed by atoms with E-state index in [4.69, 9.17) is 14.2 Å². The molecule has 1 N–H and O–H groups in total. The van der Waals surface area contributed by atoms with Crippen LogP contribution in [0.2, 0.25) is 0 Å². The van der Waals surface area contributed by atoms with E-state index in [2.05, 4.69) is 0 Å². The number of methoxy groups -OCH3 is 3. The highest BCUT2D eigenvalue weighted by atomic mass is 32.2. The Bertz CT molecular complexity index is 593. The van der Waals surface area contributed by atoms with Gasteiger partial charge in [0, 0.05) is 12.9 Å². The van der Waals surface area contributed by atoms with Crippen molar-refractivity contribution in [3.8, 4) is 11.5 Å². The first-order valence-corrected chi connectivity index (χ1v) is 7.94. The van der Waals surface area contributed by atoms with Crippen molar-refractivity contribution in [2.75, 3.05) is 33.7 Å². The molecule has 126 valence electrons. The predicted molar refractivity (Wildman–Crippen MR) is 84.9 cm³/mol. The van der Waals surface area contributed by atoms with E-state index in [-0.39, 0.29) is 12.5 Å². The molecule has 23 heavy (non-hydrogen) atoms. The maximum absolute atomic E-state index is 12.3. The Balaban J connectivity index is 2.36. The summed E-state index contributed by atoms with van der Waals surface area (Å²) in [5.41, 5.74) is 0.779. The molecule has 0 aromatic heterocycles. The molecule has 0 bridgehead atoms. The van der Waals surface area contributed by atoms with Crippen molar-refractivity contribution in [1.29, 1.82) is 0 Å². The van der Waals surface area contributed by atoms with Crippen LogP contribution in [0, 0.1) is 0 Å². The first-order chi connectivity index (χ1) is 11.0. The van der Waals surface area contributed by atoms with E-state index in [1.807, 2.05) is 0 Å². The minimum Gasteiger partial charge on any atom is -0.493 e. The zero-order chi connectivity index (χ0) is 17.0. The van der Waals surface area contributed by atoms with Crippen molar-refractivity contribution in [1.82, 2.24) is 4.90 Å². The van der Waals surface area contributed by atoms with Crippen molar-refractivity contribution < 1.29 is 28.9 Å². The summed E-state index contributed by atoms with van der Waals surface area (Å²) in [6.07, 6.45) is 0. The molecule has 7 nitrogen and oxygen atoms in total. The number of carbonyl (C=O) groups excluding carboxylic acids is 1. The Kier molecular flexibility index (Phi) is 5.73. The molecule has 1 aliphatic rings. The van der Waals surface area contributed by atoms with Gasteiger partial charge in [-0.1, -0.05) is 6.07 Å². The minimum absolute atomic E-state index is 0.159. The van der Waals surface area contributed by atoms with Gasteiger partial charge in [0.15, 0.2) is 11.5 Å². The summed E-state index contributed by atoms with van der Waals surface area (Å²) in [7, 11) is 4.47. The fourth-order valence-electron chi connectivity index (χ4n) is 2.46. The van der Waals surface area contributed by atoms with E-state index in [0.717, 1.165) is 5.56 Å². The summed E-state index contributed by atoms with van der Waals surface area (Å²) < 4.78 is 15.3. The average molecular weight is 341 g/mol. The molecular weight excluding hydrogens is 322 g/mol. The highest BCUT2D eigenvalue weighted by Gasteiger charge is 2.42. The summed E-state index contributed by atoms with van der Waals surface area (Å²) >= 11 is 1.40. The molecular formula is C15H19NO6S. The summed E-state index contributed by atoms with van der Waals surface area (Å²) in [4.78, 5) is 25.1. The maximum atomic E-state index is 12.3. The van der Waals surface area contributed by atoms with Crippen LogP contribution >= 0.6 is 11.8 Å². The van der Waals surface area contributed by atoms with E-state index in [1.165, 1.54) is 38.0 Å². The number of hydrogen-bond donors (Lipinski definition) is 1.